The first-order valence-corrected chi connectivity index (χ1v) is 8.58. The Labute approximate surface area is 130 Å². The molecule has 0 aliphatic carbocycles. The van der Waals surface area contributed by atoms with Crippen molar-refractivity contribution in [1.29, 1.82) is 0 Å². The van der Waals surface area contributed by atoms with E-state index in [4.69, 9.17) is 0 Å². The summed E-state index contributed by atoms with van der Waals surface area (Å²) in [5.74, 6) is 0.934. The van der Waals surface area contributed by atoms with Crippen molar-refractivity contribution in [3.63, 3.8) is 0 Å². The Morgan fingerprint density at radius 2 is 1.76 bits per heavy atom. The molecule has 1 fully saturated rings. The Bertz CT molecular complexity index is 413. The summed E-state index contributed by atoms with van der Waals surface area (Å²) >= 11 is 0. The summed E-state index contributed by atoms with van der Waals surface area (Å²) < 4.78 is 0. The first-order chi connectivity index (χ1) is 10.0. The van der Waals surface area contributed by atoms with Crippen LogP contribution in [0.4, 0.5) is 0 Å². The van der Waals surface area contributed by atoms with Gasteiger partial charge in [0.1, 0.15) is 0 Å². The van der Waals surface area contributed by atoms with Crippen LogP contribution in [0, 0.1) is 19.8 Å². The number of rotatable bonds is 6. The predicted molar refractivity (Wildman–Crippen MR) is 91.8 cm³/mol. The molecule has 2 heteroatoms. The molecule has 0 radical (unpaired) electrons. The van der Waals surface area contributed by atoms with Crippen LogP contribution in [0.25, 0.3) is 0 Å². The fraction of sp³-hybridized carbons (Fsp3) is 0.684. The van der Waals surface area contributed by atoms with Crippen LogP contribution in [0.2, 0.25) is 0 Å². The van der Waals surface area contributed by atoms with Gasteiger partial charge < -0.3 is 10.2 Å². The monoisotopic (exact) mass is 288 g/mol. The Hall–Kier alpha value is -0.860. The molecule has 0 aromatic heterocycles. The Morgan fingerprint density at radius 3 is 2.38 bits per heavy atom. The molecule has 1 N–H and O–H groups in total. The topological polar surface area (TPSA) is 15.3 Å². The lowest BCUT2D eigenvalue weighted by Gasteiger charge is -2.30. The van der Waals surface area contributed by atoms with Gasteiger partial charge in [0, 0.05) is 6.04 Å². The van der Waals surface area contributed by atoms with E-state index in [9.17, 15) is 0 Å². The molecular weight excluding hydrogens is 256 g/mol. The first-order valence-electron chi connectivity index (χ1n) is 8.58. The fourth-order valence-electron chi connectivity index (χ4n) is 3.28. The van der Waals surface area contributed by atoms with Gasteiger partial charge >= 0.3 is 0 Å². The van der Waals surface area contributed by atoms with Crippen LogP contribution in [-0.2, 0) is 0 Å². The standard InChI is InChI=1S/C19H32N2/c1-15-6-10-21(11-7-15)9-5-8-20-18(4)19-13-16(2)12-17(3)14-19/h12-15,18,20H,5-11H2,1-4H3. The number of nitrogens with one attached hydrogen (secondary N) is 1. The highest BCUT2D eigenvalue weighted by molar-refractivity contribution is 5.30. The van der Waals surface area contributed by atoms with Gasteiger partial charge in [-0.15, -0.1) is 0 Å². The molecule has 0 spiro atoms. The van der Waals surface area contributed by atoms with Crippen LogP contribution < -0.4 is 5.32 Å². The molecule has 0 amide bonds. The number of likely N-dealkylation sites (tertiary alicyclic amines) is 1. The second kappa shape index (κ2) is 7.95. The molecule has 1 heterocycles. The Kier molecular flexibility index (Phi) is 6.25. The fourth-order valence-corrected chi connectivity index (χ4v) is 3.28. The predicted octanol–water partition coefficient (Wildman–Crippen LogP) is 4.08. The summed E-state index contributed by atoms with van der Waals surface area (Å²) in [7, 11) is 0. The maximum absolute atomic E-state index is 3.68. The minimum Gasteiger partial charge on any atom is -0.310 e. The largest absolute Gasteiger partial charge is 0.310 e. The van der Waals surface area contributed by atoms with E-state index >= 15 is 0 Å². The smallest absolute Gasteiger partial charge is 0.0291 e. The third-order valence-electron chi connectivity index (χ3n) is 4.72. The molecular formula is C19H32N2. The van der Waals surface area contributed by atoms with Gasteiger partial charge in [0.2, 0.25) is 0 Å². The van der Waals surface area contributed by atoms with Crippen LogP contribution in [-0.4, -0.2) is 31.1 Å². The lowest BCUT2D eigenvalue weighted by Crippen LogP contribution is -2.35. The molecule has 2 rings (SSSR count). The number of benzene rings is 1. The van der Waals surface area contributed by atoms with Gasteiger partial charge in [-0.3, -0.25) is 0 Å². The number of hydrogen-bond acceptors (Lipinski definition) is 2. The summed E-state index contributed by atoms with van der Waals surface area (Å²) in [4.78, 5) is 2.63. The average Bonchev–Trinajstić information content (AvgIpc) is 2.44. The van der Waals surface area contributed by atoms with Crippen molar-refractivity contribution in [1.82, 2.24) is 10.2 Å². The van der Waals surface area contributed by atoms with Crippen molar-refractivity contribution >= 4 is 0 Å². The molecule has 1 atom stereocenters. The van der Waals surface area contributed by atoms with Crippen molar-refractivity contribution in [3.05, 3.63) is 34.9 Å². The van der Waals surface area contributed by atoms with E-state index in [1.807, 2.05) is 0 Å². The molecule has 0 saturated carbocycles. The second-order valence-electron chi connectivity index (χ2n) is 6.97. The van der Waals surface area contributed by atoms with E-state index < -0.39 is 0 Å². The Balaban J connectivity index is 1.68. The second-order valence-corrected chi connectivity index (χ2v) is 6.97. The molecule has 118 valence electrons. The van der Waals surface area contributed by atoms with Crippen LogP contribution in [0.5, 0.6) is 0 Å². The third kappa shape index (κ3) is 5.44. The van der Waals surface area contributed by atoms with Gasteiger partial charge in [-0.05, 0) is 77.7 Å². The highest BCUT2D eigenvalue weighted by atomic mass is 15.1. The SMILES string of the molecule is Cc1cc(C)cc(C(C)NCCCN2CCC(C)CC2)c1. The highest BCUT2D eigenvalue weighted by Crippen LogP contribution is 2.17. The van der Waals surface area contributed by atoms with Crippen LogP contribution in [0.3, 0.4) is 0 Å². The van der Waals surface area contributed by atoms with E-state index in [2.05, 4.69) is 56.1 Å². The molecule has 1 aromatic carbocycles. The molecule has 1 aromatic rings. The zero-order valence-corrected chi connectivity index (χ0v) is 14.3. The van der Waals surface area contributed by atoms with Crippen molar-refractivity contribution in [2.75, 3.05) is 26.2 Å². The van der Waals surface area contributed by atoms with E-state index in [0.717, 1.165) is 12.5 Å². The molecule has 1 aliphatic rings. The van der Waals surface area contributed by atoms with Crippen molar-refractivity contribution in [3.8, 4) is 0 Å². The van der Waals surface area contributed by atoms with Crippen LogP contribution >= 0.6 is 0 Å². The lowest BCUT2D eigenvalue weighted by atomic mass is 9.99. The van der Waals surface area contributed by atoms with Gasteiger partial charge in [0.05, 0.1) is 0 Å². The summed E-state index contributed by atoms with van der Waals surface area (Å²) in [6.45, 7) is 14.0. The van der Waals surface area contributed by atoms with Crippen molar-refractivity contribution in [2.45, 2.75) is 53.0 Å². The summed E-state index contributed by atoms with van der Waals surface area (Å²) in [6, 6.07) is 7.30. The van der Waals surface area contributed by atoms with Crippen LogP contribution in [0.1, 0.15) is 55.8 Å². The zero-order valence-electron chi connectivity index (χ0n) is 14.3. The Morgan fingerprint density at radius 1 is 1.14 bits per heavy atom. The lowest BCUT2D eigenvalue weighted by molar-refractivity contribution is 0.190. The normalized spacial score (nSPS) is 18.9. The van der Waals surface area contributed by atoms with Gasteiger partial charge in [-0.2, -0.15) is 0 Å². The minimum atomic E-state index is 0.449. The summed E-state index contributed by atoms with van der Waals surface area (Å²) in [6.07, 6.45) is 4.02. The maximum atomic E-state index is 3.68. The summed E-state index contributed by atoms with van der Waals surface area (Å²) in [5, 5.41) is 3.68. The summed E-state index contributed by atoms with van der Waals surface area (Å²) in [5.41, 5.74) is 4.14. The van der Waals surface area contributed by atoms with E-state index in [1.165, 1.54) is 55.6 Å². The average molecular weight is 288 g/mol. The van der Waals surface area contributed by atoms with Gasteiger partial charge in [-0.25, -0.2) is 0 Å². The van der Waals surface area contributed by atoms with Crippen molar-refractivity contribution < 1.29 is 0 Å². The minimum absolute atomic E-state index is 0.449. The quantitative estimate of drug-likeness (QED) is 0.794. The molecule has 1 aliphatic heterocycles. The molecule has 1 unspecified atom stereocenters. The van der Waals surface area contributed by atoms with Crippen molar-refractivity contribution in [2.24, 2.45) is 5.92 Å². The van der Waals surface area contributed by atoms with Gasteiger partial charge in [-0.1, -0.05) is 36.2 Å². The number of aryl methyl sites for hydroxylation is 2. The maximum Gasteiger partial charge on any atom is 0.0291 e. The zero-order chi connectivity index (χ0) is 15.2. The van der Waals surface area contributed by atoms with Gasteiger partial charge in [0.15, 0.2) is 0 Å². The van der Waals surface area contributed by atoms with Gasteiger partial charge in [0.25, 0.3) is 0 Å². The van der Waals surface area contributed by atoms with E-state index in [0.29, 0.717) is 6.04 Å². The molecule has 21 heavy (non-hydrogen) atoms. The number of nitrogens with zero attached hydrogens (tertiary/aromatic N) is 1. The van der Waals surface area contributed by atoms with Crippen LogP contribution in [0.15, 0.2) is 18.2 Å². The number of piperidine rings is 1. The third-order valence-corrected chi connectivity index (χ3v) is 4.72. The molecule has 1 saturated heterocycles. The molecule has 0 bridgehead atoms. The van der Waals surface area contributed by atoms with E-state index in [1.54, 1.807) is 0 Å². The number of hydrogen-bond donors (Lipinski definition) is 1. The highest BCUT2D eigenvalue weighted by Gasteiger charge is 2.14. The molecule has 2 nitrogen and oxygen atoms in total. The van der Waals surface area contributed by atoms with E-state index in [-0.39, 0.29) is 0 Å². The first kappa shape index (κ1) is 16.5.